The zero-order valence-electron chi connectivity index (χ0n) is 10.4. The van der Waals surface area contributed by atoms with Gasteiger partial charge in [-0.2, -0.15) is 0 Å². The number of rotatable bonds is 3. The van der Waals surface area contributed by atoms with E-state index in [1.807, 2.05) is 6.92 Å². The molecule has 100 valence electrons. The van der Waals surface area contributed by atoms with Crippen LogP contribution in [0.15, 0.2) is 0 Å². The summed E-state index contributed by atoms with van der Waals surface area (Å²) in [5, 5.41) is 6.51. The van der Waals surface area contributed by atoms with Crippen LogP contribution < -0.4 is 0 Å². The van der Waals surface area contributed by atoms with Crippen LogP contribution in [0.3, 0.4) is 0 Å². The van der Waals surface area contributed by atoms with Gasteiger partial charge >= 0.3 is 0 Å². The molecule has 0 bridgehead atoms. The highest BCUT2D eigenvalue weighted by Crippen LogP contribution is 2.17. The van der Waals surface area contributed by atoms with Crippen molar-refractivity contribution in [1.29, 1.82) is 0 Å². The van der Waals surface area contributed by atoms with E-state index in [0.717, 1.165) is 0 Å². The van der Waals surface area contributed by atoms with Crippen LogP contribution in [-0.4, -0.2) is 59.0 Å². The van der Waals surface area contributed by atoms with Gasteiger partial charge in [-0.3, -0.25) is 9.89 Å². The average molecular weight is 272 g/mol. The highest BCUT2D eigenvalue weighted by atomic mass is 32.2. The van der Waals surface area contributed by atoms with Gasteiger partial charge in [0.15, 0.2) is 9.84 Å². The van der Waals surface area contributed by atoms with E-state index in [0.29, 0.717) is 18.7 Å². The minimum atomic E-state index is -3.00. The van der Waals surface area contributed by atoms with E-state index >= 15 is 0 Å². The number of aromatic nitrogens is 3. The minimum Gasteiger partial charge on any atom is -0.335 e. The van der Waals surface area contributed by atoms with Crippen LogP contribution in [0, 0.1) is 0 Å². The highest BCUT2D eigenvalue weighted by molar-refractivity contribution is 7.91. The van der Waals surface area contributed by atoms with Crippen molar-refractivity contribution in [2.75, 3.05) is 18.6 Å². The number of carbonyl (C=O) groups excluding carboxylic acids is 1. The molecule has 0 aromatic carbocycles. The summed E-state index contributed by atoms with van der Waals surface area (Å²) >= 11 is 0. The number of H-pyrrole nitrogens is 1. The predicted molar refractivity (Wildman–Crippen MR) is 64.9 cm³/mol. The summed E-state index contributed by atoms with van der Waals surface area (Å²) in [6.07, 6.45) is 1.15. The Morgan fingerprint density at radius 2 is 2.28 bits per heavy atom. The van der Waals surface area contributed by atoms with E-state index in [2.05, 4.69) is 15.2 Å². The molecule has 7 nitrogen and oxygen atoms in total. The Hall–Kier alpha value is -1.44. The quantitative estimate of drug-likeness (QED) is 0.809. The lowest BCUT2D eigenvalue weighted by molar-refractivity contribution is 0.0735. The molecule has 0 radical (unpaired) electrons. The van der Waals surface area contributed by atoms with Gasteiger partial charge in [0.05, 0.1) is 11.5 Å². The number of hydrogen-bond donors (Lipinski definition) is 1. The molecular weight excluding hydrogens is 256 g/mol. The minimum absolute atomic E-state index is 0.0281. The van der Waals surface area contributed by atoms with Crippen LogP contribution >= 0.6 is 0 Å². The topological polar surface area (TPSA) is 96.0 Å². The predicted octanol–water partition coefficient (Wildman–Crippen LogP) is -0.374. The molecule has 1 N–H and O–H groups in total. The fourth-order valence-corrected chi connectivity index (χ4v) is 3.73. The molecule has 2 rings (SSSR count). The zero-order chi connectivity index (χ0) is 13.3. The maximum absolute atomic E-state index is 12.1. The summed E-state index contributed by atoms with van der Waals surface area (Å²) in [4.78, 5) is 17.5. The Labute approximate surface area is 106 Å². The maximum atomic E-state index is 12.1. The van der Waals surface area contributed by atoms with Gasteiger partial charge in [0.25, 0.3) is 5.91 Å². The molecule has 1 aromatic rings. The lowest BCUT2D eigenvalue weighted by atomic mass is 10.2. The average Bonchev–Trinajstić information content (AvgIpc) is 2.93. The van der Waals surface area contributed by atoms with Gasteiger partial charge in [-0.05, 0) is 6.42 Å². The first-order chi connectivity index (χ1) is 8.43. The molecule has 1 saturated heterocycles. The fraction of sp³-hybridized carbons (Fsp3) is 0.700. The fourth-order valence-electron chi connectivity index (χ4n) is 1.95. The smallest absolute Gasteiger partial charge is 0.293 e. The molecular formula is C10H16N4O3S. The summed E-state index contributed by atoms with van der Waals surface area (Å²) in [5.41, 5.74) is 0. The molecule has 1 aromatic heterocycles. The molecule has 2 heterocycles. The van der Waals surface area contributed by atoms with Crippen LogP contribution in [0.1, 0.15) is 29.8 Å². The highest BCUT2D eigenvalue weighted by Gasteiger charge is 2.34. The number of hydrogen-bond acceptors (Lipinski definition) is 5. The van der Waals surface area contributed by atoms with Gasteiger partial charge < -0.3 is 4.90 Å². The number of aromatic amines is 1. The molecule has 8 heteroatoms. The van der Waals surface area contributed by atoms with E-state index in [1.54, 1.807) is 7.05 Å². The number of amides is 1. The molecule has 1 atom stereocenters. The van der Waals surface area contributed by atoms with Crippen LogP contribution in [-0.2, 0) is 16.3 Å². The molecule has 1 fully saturated rings. The monoisotopic (exact) mass is 272 g/mol. The van der Waals surface area contributed by atoms with Crippen molar-refractivity contribution in [2.24, 2.45) is 0 Å². The normalized spacial score (nSPS) is 22.0. The first-order valence-electron chi connectivity index (χ1n) is 5.82. The van der Waals surface area contributed by atoms with Gasteiger partial charge in [0.2, 0.25) is 5.82 Å². The third-order valence-corrected chi connectivity index (χ3v) is 4.88. The van der Waals surface area contributed by atoms with Crippen LogP contribution in [0.4, 0.5) is 0 Å². The third kappa shape index (κ3) is 2.53. The van der Waals surface area contributed by atoms with Crippen LogP contribution in [0.2, 0.25) is 0 Å². The van der Waals surface area contributed by atoms with Gasteiger partial charge in [-0.1, -0.05) is 6.92 Å². The number of sulfone groups is 1. The molecule has 1 unspecified atom stereocenters. The van der Waals surface area contributed by atoms with E-state index in [4.69, 9.17) is 0 Å². The second kappa shape index (κ2) is 4.68. The van der Waals surface area contributed by atoms with Gasteiger partial charge in [0, 0.05) is 19.5 Å². The van der Waals surface area contributed by atoms with Crippen LogP contribution in [0.25, 0.3) is 0 Å². The van der Waals surface area contributed by atoms with Crippen molar-refractivity contribution < 1.29 is 13.2 Å². The molecule has 1 aliphatic rings. The first-order valence-corrected chi connectivity index (χ1v) is 7.64. The first kappa shape index (κ1) is 13.0. The molecule has 18 heavy (non-hydrogen) atoms. The summed E-state index contributed by atoms with van der Waals surface area (Å²) in [6.45, 7) is 1.90. The van der Waals surface area contributed by atoms with E-state index in [1.165, 1.54) is 4.90 Å². The van der Waals surface area contributed by atoms with Crippen molar-refractivity contribution in [3.8, 4) is 0 Å². The number of aryl methyl sites for hydroxylation is 1. The molecule has 1 amide bonds. The van der Waals surface area contributed by atoms with Gasteiger partial charge in [0.1, 0.15) is 5.82 Å². The van der Waals surface area contributed by atoms with Gasteiger partial charge in [-0.25, -0.2) is 13.4 Å². The Balaban J connectivity index is 2.09. The number of nitrogens with zero attached hydrogens (tertiary/aromatic N) is 3. The second-order valence-electron chi connectivity index (χ2n) is 4.43. The second-order valence-corrected chi connectivity index (χ2v) is 6.66. The standard InChI is InChI=1S/C10H16N4O3S/c1-3-8-11-9(13-12-8)10(15)14(2)7-4-5-18(16,17)6-7/h7H,3-6H2,1-2H3,(H,11,12,13). The molecule has 0 aliphatic carbocycles. The van der Waals surface area contributed by atoms with Crippen molar-refractivity contribution in [3.63, 3.8) is 0 Å². The SMILES string of the molecule is CCc1nc(C(=O)N(C)C2CCS(=O)(=O)C2)n[nH]1. The van der Waals surface area contributed by atoms with E-state index < -0.39 is 9.84 Å². The van der Waals surface area contributed by atoms with Crippen molar-refractivity contribution in [1.82, 2.24) is 20.1 Å². The van der Waals surface area contributed by atoms with Crippen molar-refractivity contribution in [2.45, 2.75) is 25.8 Å². The molecule has 0 spiro atoms. The zero-order valence-corrected chi connectivity index (χ0v) is 11.2. The van der Waals surface area contributed by atoms with E-state index in [-0.39, 0.29) is 29.3 Å². The Kier molecular flexibility index (Phi) is 3.38. The third-order valence-electron chi connectivity index (χ3n) is 3.13. The summed E-state index contributed by atoms with van der Waals surface area (Å²) in [7, 11) is -1.41. The van der Waals surface area contributed by atoms with Gasteiger partial charge in [-0.15, -0.1) is 5.10 Å². The Morgan fingerprint density at radius 1 is 1.56 bits per heavy atom. The summed E-state index contributed by atoms with van der Waals surface area (Å²) in [6, 6.07) is -0.272. The molecule has 0 saturated carbocycles. The summed E-state index contributed by atoms with van der Waals surface area (Å²) < 4.78 is 22.8. The Bertz CT molecular complexity index is 551. The van der Waals surface area contributed by atoms with E-state index in [9.17, 15) is 13.2 Å². The molecule has 1 aliphatic heterocycles. The van der Waals surface area contributed by atoms with Crippen molar-refractivity contribution in [3.05, 3.63) is 11.6 Å². The number of carbonyl (C=O) groups is 1. The lowest BCUT2D eigenvalue weighted by Gasteiger charge is -2.21. The maximum Gasteiger partial charge on any atom is 0.293 e. The lowest BCUT2D eigenvalue weighted by Crippen LogP contribution is -2.38. The largest absolute Gasteiger partial charge is 0.335 e. The van der Waals surface area contributed by atoms with Crippen molar-refractivity contribution >= 4 is 15.7 Å². The summed E-state index contributed by atoms with van der Waals surface area (Å²) in [5.74, 6) is 0.571. The van der Waals surface area contributed by atoms with Crippen LogP contribution in [0.5, 0.6) is 0 Å². The Morgan fingerprint density at radius 3 is 2.78 bits per heavy atom. The number of nitrogens with one attached hydrogen (secondary N) is 1.